The lowest BCUT2D eigenvalue weighted by molar-refractivity contribution is -0.115. The normalized spacial score (nSPS) is 15.8. The van der Waals surface area contributed by atoms with Gasteiger partial charge in [0.2, 0.25) is 0 Å². The first-order valence-corrected chi connectivity index (χ1v) is 11.6. The molecule has 1 saturated heterocycles. The van der Waals surface area contributed by atoms with E-state index in [4.69, 9.17) is 16.4 Å². The third kappa shape index (κ3) is 4.48. The highest BCUT2D eigenvalue weighted by molar-refractivity contribution is 9.10. The van der Waals surface area contributed by atoms with Crippen molar-refractivity contribution in [3.8, 4) is 5.75 Å². The summed E-state index contributed by atoms with van der Waals surface area (Å²) in [5.74, 6) is -0.199. The number of aryl methyl sites for hydroxylation is 3. The first-order valence-electron chi connectivity index (χ1n) is 8.13. The van der Waals surface area contributed by atoms with Gasteiger partial charge in [0.05, 0.1) is 4.91 Å². The second-order valence-electron chi connectivity index (χ2n) is 6.30. The smallest absolute Gasteiger partial charge is 0.339 e. The molecule has 3 rings (SSSR count). The molecule has 2 aromatic rings. The van der Waals surface area contributed by atoms with Gasteiger partial charge < -0.3 is 9.50 Å². The van der Waals surface area contributed by atoms with Crippen LogP contribution in [0.2, 0.25) is 0 Å². The van der Waals surface area contributed by atoms with Crippen molar-refractivity contribution < 1.29 is 17.4 Å². The highest BCUT2D eigenvalue weighted by Crippen LogP contribution is 2.33. The van der Waals surface area contributed by atoms with Crippen LogP contribution in [0, 0.1) is 20.8 Å². The maximum Gasteiger partial charge on any atom is 0.339 e. The largest absolute Gasteiger partial charge is 0.378 e. The van der Waals surface area contributed by atoms with Crippen molar-refractivity contribution in [3.63, 3.8) is 0 Å². The summed E-state index contributed by atoms with van der Waals surface area (Å²) >= 11 is 9.47. The van der Waals surface area contributed by atoms with Crippen LogP contribution < -0.4 is 9.50 Å². The van der Waals surface area contributed by atoms with Crippen molar-refractivity contribution in [2.75, 3.05) is 0 Å². The molecule has 0 atom stereocenters. The van der Waals surface area contributed by atoms with Crippen LogP contribution in [0.5, 0.6) is 5.75 Å². The van der Waals surface area contributed by atoms with E-state index < -0.39 is 10.1 Å². The summed E-state index contributed by atoms with van der Waals surface area (Å²) in [5, 5.41) is 2.53. The maximum absolute atomic E-state index is 13.0. The molecule has 0 spiro atoms. The molecule has 1 amide bonds. The van der Waals surface area contributed by atoms with Crippen LogP contribution >= 0.6 is 39.9 Å². The number of carbonyl (C=O) groups excluding carboxylic acids is 1. The van der Waals surface area contributed by atoms with E-state index in [2.05, 4.69) is 21.2 Å². The van der Waals surface area contributed by atoms with Gasteiger partial charge in [-0.2, -0.15) is 8.42 Å². The highest BCUT2D eigenvalue weighted by Gasteiger charge is 2.25. The fraction of sp³-hybridized carbons (Fsp3) is 0.158. The Balaban J connectivity index is 2.05. The number of thiocarbonyl (C=S) groups is 1. The summed E-state index contributed by atoms with van der Waals surface area (Å²) in [6, 6.07) is 8.50. The second kappa shape index (κ2) is 7.98. The van der Waals surface area contributed by atoms with Crippen LogP contribution in [0.3, 0.4) is 0 Å². The number of rotatable bonds is 4. The Morgan fingerprint density at radius 3 is 2.36 bits per heavy atom. The molecule has 0 saturated carbocycles. The zero-order chi connectivity index (χ0) is 20.6. The van der Waals surface area contributed by atoms with Gasteiger partial charge in [-0.05, 0) is 56.2 Å². The molecule has 5 nitrogen and oxygen atoms in total. The minimum Gasteiger partial charge on any atom is -0.378 e. The summed E-state index contributed by atoms with van der Waals surface area (Å²) < 4.78 is 32.5. The number of nitrogens with one attached hydrogen (secondary N) is 1. The molecule has 1 aliphatic rings. The lowest BCUT2D eigenvalue weighted by Crippen LogP contribution is -2.17. The van der Waals surface area contributed by atoms with Crippen molar-refractivity contribution in [2.45, 2.75) is 25.7 Å². The van der Waals surface area contributed by atoms with Crippen molar-refractivity contribution in [1.29, 1.82) is 0 Å². The van der Waals surface area contributed by atoms with Crippen LogP contribution in [0.25, 0.3) is 6.08 Å². The van der Waals surface area contributed by atoms with Gasteiger partial charge in [0.1, 0.15) is 15.0 Å². The van der Waals surface area contributed by atoms with E-state index in [0.29, 0.717) is 25.9 Å². The van der Waals surface area contributed by atoms with E-state index in [1.807, 2.05) is 6.92 Å². The fourth-order valence-electron chi connectivity index (χ4n) is 2.99. The monoisotopic (exact) mass is 497 g/mol. The summed E-state index contributed by atoms with van der Waals surface area (Å²) in [4.78, 5) is 12.5. The molecule has 0 bridgehead atoms. The van der Waals surface area contributed by atoms with Crippen LogP contribution in [-0.2, 0) is 14.9 Å². The SMILES string of the molecule is Cc1cc(C)c(S(=O)(=O)Oc2ccc(Br)cc2/C=C2\SC(=S)NC2=O)c(C)c1. The number of benzene rings is 2. The topological polar surface area (TPSA) is 72.5 Å². The van der Waals surface area contributed by atoms with Gasteiger partial charge in [0, 0.05) is 10.0 Å². The molecule has 0 aliphatic carbocycles. The molecule has 1 aliphatic heterocycles. The van der Waals surface area contributed by atoms with Gasteiger partial charge in [-0.3, -0.25) is 4.79 Å². The van der Waals surface area contributed by atoms with Gasteiger partial charge in [-0.1, -0.05) is 57.6 Å². The Labute approximate surface area is 181 Å². The molecule has 0 unspecified atom stereocenters. The van der Waals surface area contributed by atoms with E-state index >= 15 is 0 Å². The number of halogens is 1. The number of amides is 1. The predicted molar refractivity (Wildman–Crippen MR) is 119 cm³/mol. The fourth-order valence-corrected chi connectivity index (χ4v) is 5.78. The molecule has 1 N–H and O–H groups in total. The first-order chi connectivity index (χ1) is 13.1. The number of hydrogen-bond donors (Lipinski definition) is 1. The van der Waals surface area contributed by atoms with Gasteiger partial charge >= 0.3 is 10.1 Å². The third-order valence-corrected chi connectivity index (χ3v) is 7.15. The van der Waals surface area contributed by atoms with Crippen LogP contribution in [0.1, 0.15) is 22.3 Å². The van der Waals surface area contributed by atoms with E-state index in [1.165, 1.54) is 0 Å². The molecule has 9 heteroatoms. The van der Waals surface area contributed by atoms with Crippen LogP contribution in [0.15, 0.2) is 44.6 Å². The van der Waals surface area contributed by atoms with Crippen molar-refractivity contribution in [3.05, 3.63) is 62.0 Å². The average Bonchev–Trinajstić information content (AvgIpc) is 2.86. The van der Waals surface area contributed by atoms with Crippen LogP contribution in [-0.4, -0.2) is 18.6 Å². The summed E-state index contributed by atoms with van der Waals surface area (Å²) in [5.41, 5.74) is 2.65. The van der Waals surface area contributed by atoms with Crippen molar-refractivity contribution in [2.24, 2.45) is 0 Å². The molecule has 146 valence electrons. The Morgan fingerprint density at radius 2 is 1.79 bits per heavy atom. The molecule has 1 heterocycles. The molecule has 0 radical (unpaired) electrons. The zero-order valence-corrected chi connectivity index (χ0v) is 19.2. The lowest BCUT2D eigenvalue weighted by Gasteiger charge is -2.14. The standard InChI is InChI=1S/C19H16BrNO4S3/c1-10-6-11(2)17(12(3)7-10)28(23,24)25-15-5-4-14(20)8-13(15)9-16-18(22)21-19(26)27-16/h4-9H,1-3H3,(H,21,22,26)/b16-9-. The minimum atomic E-state index is -4.06. The Bertz CT molecular complexity index is 1120. The van der Waals surface area contributed by atoms with Gasteiger partial charge in [0.25, 0.3) is 5.91 Å². The number of carbonyl (C=O) groups is 1. The molecular formula is C19H16BrNO4S3. The third-order valence-electron chi connectivity index (χ3n) is 3.95. The van der Waals surface area contributed by atoms with Gasteiger partial charge in [-0.15, -0.1) is 0 Å². The lowest BCUT2D eigenvalue weighted by atomic mass is 10.1. The van der Waals surface area contributed by atoms with Crippen molar-refractivity contribution in [1.82, 2.24) is 5.32 Å². The van der Waals surface area contributed by atoms with E-state index in [0.717, 1.165) is 21.8 Å². The second-order valence-corrected chi connectivity index (χ2v) is 10.4. The molecule has 2 aromatic carbocycles. The predicted octanol–water partition coefficient (Wildman–Crippen LogP) is 4.63. The van der Waals surface area contributed by atoms with Gasteiger partial charge in [-0.25, -0.2) is 0 Å². The average molecular weight is 498 g/mol. The minimum absolute atomic E-state index is 0.126. The summed E-state index contributed by atoms with van der Waals surface area (Å²) in [6.07, 6.45) is 1.56. The Morgan fingerprint density at radius 1 is 1.14 bits per heavy atom. The molecule has 1 fully saturated rings. The van der Waals surface area contributed by atoms with E-state index in [1.54, 1.807) is 50.3 Å². The molecule has 0 aromatic heterocycles. The highest BCUT2D eigenvalue weighted by atomic mass is 79.9. The first kappa shape index (κ1) is 21.0. The Kier molecular flexibility index (Phi) is 6.00. The number of hydrogen-bond acceptors (Lipinski definition) is 6. The summed E-state index contributed by atoms with van der Waals surface area (Å²) in [7, 11) is -4.06. The molecule has 28 heavy (non-hydrogen) atoms. The van der Waals surface area contributed by atoms with E-state index in [-0.39, 0.29) is 16.6 Å². The zero-order valence-electron chi connectivity index (χ0n) is 15.2. The maximum atomic E-state index is 13.0. The quantitative estimate of drug-likeness (QED) is 0.377. The summed E-state index contributed by atoms with van der Waals surface area (Å²) in [6.45, 7) is 5.38. The number of thioether (sulfide) groups is 1. The molecular weight excluding hydrogens is 482 g/mol. The van der Waals surface area contributed by atoms with Gasteiger partial charge in [0.15, 0.2) is 0 Å². The van der Waals surface area contributed by atoms with Crippen molar-refractivity contribution >= 4 is 66.3 Å². The van der Waals surface area contributed by atoms with Crippen LogP contribution in [0.4, 0.5) is 0 Å². The van der Waals surface area contributed by atoms with E-state index in [9.17, 15) is 13.2 Å². The Hall–Kier alpha value is -1.68.